The summed E-state index contributed by atoms with van der Waals surface area (Å²) in [4.78, 5) is 13.0. The number of imidazole rings is 1. The zero-order valence-electron chi connectivity index (χ0n) is 16.5. The molecule has 4 rings (SSSR count). The molecule has 30 heavy (non-hydrogen) atoms. The summed E-state index contributed by atoms with van der Waals surface area (Å²) in [6, 6.07) is 11.4. The molecule has 1 unspecified atom stereocenters. The van der Waals surface area contributed by atoms with Gasteiger partial charge in [0.2, 0.25) is 5.95 Å². The van der Waals surface area contributed by atoms with Gasteiger partial charge in [-0.05, 0) is 37.7 Å². The van der Waals surface area contributed by atoms with Crippen molar-refractivity contribution in [3.8, 4) is 11.3 Å². The molecular weight excluding hydrogens is 421 g/mol. The number of nitrogen functional groups attached to an aromatic ring is 1. The highest BCUT2D eigenvalue weighted by atomic mass is 35.5. The molecule has 4 aromatic rings. The maximum Gasteiger partial charge on any atom is 0.222 e. The minimum Gasteiger partial charge on any atom is -0.368 e. The highest BCUT2D eigenvalue weighted by Crippen LogP contribution is 2.30. The largest absolute Gasteiger partial charge is 0.368 e. The van der Waals surface area contributed by atoms with Crippen LogP contribution in [0.5, 0.6) is 0 Å². The normalized spacial score (nSPS) is 12.3. The number of halogens is 2. The molecule has 1 aromatic carbocycles. The molecule has 0 radical (unpaired) electrons. The van der Waals surface area contributed by atoms with Gasteiger partial charge in [0.05, 0.1) is 33.5 Å². The second-order valence-electron chi connectivity index (χ2n) is 6.88. The molecular formula is C21H21Cl2N7. The number of likely N-dealkylation sites (N-methyl/N-ethyl adjacent to an activating group) is 1. The second kappa shape index (κ2) is 8.47. The van der Waals surface area contributed by atoms with Crippen molar-refractivity contribution in [2.75, 3.05) is 24.6 Å². The minimum absolute atomic E-state index is 0.0687. The summed E-state index contributed by atoms with van der Waals surface area (Å²) >= 11 is 12.5. The number of nitrogens with zero attached hydrogens (tertiary/aromatic N) is 4. The molecule has 3 heterocycles. The number of aryl methyl sites for hydroxylation is 1. The van der Waals surface area contributed by atoms with E-state index < -0.39 is 0 Å². The Morgan fingerprint density at radius 1 is 1.17 bits per heavy atom. The second-order valence-corrected chi connectivity index (χ2v) is 7.67. The number of nitrogens with one attached hydrogen (secondary N) is 2. The zero-order valence-corrected chi connectivity index (χ0v) is 18.0. The van der Waals surface area contributed by atoms with Crippen LogP contribution in [0.2, 0.25) is 10.0 Å². The van der Waals surface area contributed by atoms with Crippen LogP contribution >= 0.6 is 23.2 Å². The van der Waals surface area contributed by atoms with Gasteiger partial charge in [0.25, 0.3) is 0 Å². The topological polar surface area (TPSA) is 93.2 Å². The van der Waals surface area contributed by atoms with E-state index in [0.29, 0.717) is 22.4 Å². The van der Waals surface area contributed by atoms with Gasteiger partial charge in [0, 0.05) is 24.4 Å². The lowest BCUT2D eigenvalue weighted by atomic mass is 10.1. The van der Waals surface area contributed by atoms with E-state index in [1.807, 2.05) is 61.1 Å². The summed E-state index contributed by atoms with van der Waals surface area (Å²) in [5.41, 5.74) is 9.55. The smallest absolute Gasteiger partial charge is 0.222 e. The average Bonchev–Trinajstić information content (AvgIpc) is 3.11. The van der Waals surface area contributed by atoms with Crippen LogP contribution in [0, 0.1) is 6.92 Å². The van der Waals surface area contributed by atoms with E-state index >= 15 is 0 Å². The van der Waals surface area contributed by atoms with Crippen molar-refractivity contribution < 1.29 is 0 Å². The fourth-order valence-corrected chi connectivity index (χ4v) is 3.78. The number of aromatic nitrogens is 4. The molecule has 0 aliphatic rings. The molecule has 7 nitrogen and oxygen atoms in total. The molecule has 9 heteroatoms. The molecule has 4 N–H and O–H groups in total. The molecule has 0 aliphatic carbocycles. The lowest BCUT2D eigenvalue weighted by Crippen LogP contribution is -2.25. The number of hydrogen-bond donors (Lipinski definition) is 3. The van der Waals surface area contributed by atoms with Crippen molar-refractivity contribution in [2.45, 2.75) is 13.0 Å². The van der Waals surface area contributed by atoms with Gasteiger partial charge in [-0.2, -0.15) is 4.98 Å². The van der Waals surface area contributed by atoms with E-state index in [-0.39, 0.29) is 12.0 Å². The van der Waals surface area contributed by atoms with Gasteiger partial charge in [-0.25, -0.2) is 9.97 Å². The predicted molar refractivity (Wildman–Crippen MR) is 122 cm³/mol. The number of benzene rings is 1. The van der Waals surface area contributed by atoms with Crippen molar-refractivity contribution in [3.63, 3.8) is 0 Å². The number of hydrogen-bond acceptors (Lipinski definition) is 6. The number of fused-ring (bicyclic) bond motifs is 1. The molecule has 154 valence electrons. The number of rotatable bonds is 6. The molecule has 3 aromatic heterocycles. The molecule has 0 aliphatic heterocycles. The maximum absolute atomic E-state index is 6.38. The molecule has 0 spiro atoms. The van der Waals surface area contributed by atoms with Crippen LogP contribution < -0.4 is 16.4 Å². The minimum atomic E-state index is -0.0687. The maximum atomic E-state index is 6.38. The van der Waals surface area contributed by atoms with Crippen molar-refractivity contribution in [1.29, 1.82) is 0 Å². The van der Waals surface area contributed by atoms with E-state index in [2.05, 4.69) is 25.6 Å². The van der Waals surface area contributed by atoms with Gasteiger partial charge in [0.15, 0.2) is 0 Å². The molecule has 0 bridgehead atoms. The van der Waals surface area contributed by atoms with E-state index in [4.69, 9.17) is 28.9 Å². The SMILES string of the molecule is CNC(CNc1cc(-c2ccc3cnc(C)n3c2)nc(N)n1)c1cccc(Cl)c1Cl. The van der Waals surface area contributed by atoms with Crippen LogP contribution in [0.4, 0.5) is 11.8 Å². The predicted octanol–water partition coefficient (Wildman–Crippen LogP) is 4.36. The highest BCUT2D eigenvalue weighted by molar-refractivity contribution is 6.42. The number of pyridine rings is 1. The number of anilines is 2. The van der Waals surface area contributed by atoms with Gasteiger partial charge in [-0.3, -0.25) is 0 Å². The van der Waals surface area contributed by atoms with Crippen LogP contribution in [0.1, 0.15) is 17.4 Å². The van der Waals surface area contributed by atoms with Crippen molar-refractivity contribution >= 4 is 40.5 Å². The Bertz CT molecular complexity index is 1210. The van der Waals surface area contributed by atoms with Crippen LogP contribution in [-0.4, -0.2) is 32.9 Å². The van der Waals surface area contributed by atoms with E-state index in [9.17, 15) is 0 Å². The Hall–Kier alpha value is -2.87. The Balaban J connectivity index is 1.59. The highest BCUT2D eigenvalue weighted by Gasteiger charge is 2.15. The van der Waals surface area contributed by atoms with Crippen molar-refractivity contribution in [1.82, 2.24) is 24.7 Å². The van der Waals surface area contributed by atoms with Gasteiger partial charge < -0.3 is 20.8 Å². The molecule has 0 saturated heterocycles. The van der Waals surface area contributed by atoms with E-state index in [1.54, 1.807) is 6.07 Å². The summed E-state index contributed by atoms with van der Waals surface area (Å²) in [5, 5.41) is 7.63. The fourth-order valence-electron chi connectivity index (χ4n) is 3.34. The van der Waals surface area contributed by atoms with Crippen LogP contribution in [-0.2, 0) is 0 Å². The summed E-state index contributed by atoms with van der Waals surface area (Å²) in [6.07, 6.45) is 3.82. The summed E-state index contributed by atoms with van der Waals surface area (Å²) in [6.45, 7) is 2.49. The van der Waals surface area contributed by atoms with Crippen LogP contribution in [0.25, 0.3) is 16.8 Å². The third-order valence-corrected chi connectivity index (χ3v) is 5.78. The molecule has 1 atom stereocenters. The first kappa shape index (κ1) is 20.4. The van der Waals surface area contributed by atoms with E-state index in [1.165, 1.54) is 0 Å². The first-order valence-electron chi connectivity index (χ1n) is 9.40. The van der Waals surface area contributed by atoms with Crippen molar-refractivity contribution in [3.05, 3.63) is 70.2 Å². The quantitative estimate of drug-likeness (QED) is 0.411. The van der Waals surface area contributed by atoms with Gasteiger partial charge in [-0.15, -0.1) is 0 Å². The Kier molecular flexibility index (Phi) is 5.76. The molecule has 0 amide bonds. The Labute approximate surface area is 184 Å². The third-order valence-electron chi connectivity index (χ3n) is 4.94. The lowest BCUT2D eigenvalue weighted by molar-refractivity contribution is 0.621. The van der Waals surface area contributed by atoms with Crippen LogP contribution in [0.3, 0.4) is 0 Å². The standard InChI is InChI=1S/C21H21Cl2N7/c1-12-26-9-14-7-6-13(11-30(12)14)17-8-19(29-21(24)28-17)27-10-18(25-2)15-4-3-5-16(22)20(15)23/h3-9,11,18,25H,10H2,1-2H3,(H3,24,27,28,29). The fraction of sp³-hybridized carbons (Fsp3) is 0.190. The first-order valence-corrected chi connectivity index (χ1v) is 10.2. The summed E-state index contributed by atoms with van der Waals surface area (Å²) in [5.74, 6) is 1.72. The molecule has 0 saturated carbocycles. The van der Waals surface area contributed by atoms with Gasteiger partial charge >= 0.3 is 0 Å². The average molecular weight is 442 g/mol. The monoisotopic (exact) mass is 441 g/mol. The summed E-state index contributed by atoms with van der Waals surface area (Å²) in [7, 11) is 1.87. The van der Waals surface area contributed by atoms with Crippen molar-refractivity contribution in [2.24, 2.45) is 0 Å². The number of nitrogens with two attached hydrogens (primary N) is 1. The Morgan fingerprint density at radius 2 is 2.00 bits per heavy atom. The van der Waals surface area contributed by atoms with Crippen LogP contribution in [0.15, 0.2) is 48.8 Å². The third kappa shape index (κ3) is 4.05. The lowest BCUT2D eigenvalue weighted by Gasteiger charge is -2.19. The molecule has 0 fully saturated rings. The van der Waals surface area contributed by atoms with Gasteiger partial charge in [0.1, 0.15) is 11.6 Å². The zero-order chi connectivity index (χ0) is 21.3. The van der Waals surface area contributed by atoms with E-state index in [0.717, 1.165) is 28.2 Å². The van der Waals surface area contributed by atoms with Gasteiger partial charge in [-0.1, -0.05) is 35.3 Å². The summed E-state index contributed by atoms with van der Waals surface area (Å²) < 4.78 is 2.01. The Morgan fingerprint density at radius 3 is 2.80 bits per heavy atom. The first-order chi connectivity index (χ1) is 14.5.